The Kier molecular flexibility index (Phi) is 3.80. The molecule has 3 aromatic carbocycles. The van der Waals surface area contributed by atoms with E-state index in [2.05, 4.69) is 77.7 Å². The minimum atomic E-state index is 0.403. The first-order valence-electron chi connectivity index (χ1n) is 7.97. The second kappa shape index (κ2) is 6.10. The Morgan fingerprint density at radius 1 is 0.652 bits per heavy atom. The molecule has 4 rings (SSSR count). The van der Waals surface area contributed by atoms with E-state index in [9.17, 15) is 0 Å². The van der Waals surface area contributed by atoms with Crippen LogP contribution in [-0.4, -0.2) is 0 Å². The standard InChI is InChI=1S/C21H18ClN/c22-18-13-11-17(12-14-18)21-15-20(16-7-3-1-4-8-16)23(21)19-9-5-2-6-10-19/h1-14,20-21H,15H2/t20-,21+/m1/s1. The quantitative estimate of drug-likeness (QED) is 0.569. The van der Waals surface area contributed by atoms with E-state index in [1.807, 2.05) is 12.1 Å². The summed E-state index contributed by atoms with van der Waals surface area (Å²) in [7, 11) is 0. The summed E-state index contributed by atoms with van der Waals surface area (Å²) in [5, 5.41) is 0.791. The van der Waals surface area contributed by atoms with Gasteiger partial charge in [0.05, 0.1) is 12.1 Å². The maximum absolute atomic E-state index is 6.04. The number of hydrogen-bond donors (Lipinski definition) is 0. The van der Waals surface area contributed by atoms with Gasteiger partial charge in [-0.1, -0.05) is 72.3 Å². The van der Waals surface area contributed by atoms with Crippen LogP contribution in [0, 0.1) is 0 Å². The molecular formula is C21H18ClN. The number of halogens is 1. The van der Waals surface area contributed by atoms with Crippen molar-refractivity contribution in [3.8, 4) is 0 Å². The Labute approximate surface area is 142 Å². The van der Waals surface area contributed by atoms with E-state index in [1.165, 1.54) is 16.8 Å². The second-order valence-corrected chi connectivity index (χ2v) is 6.41. The molecule has 1 saturated heterocycles. The van der Waals surface area contributed by atoms with Crippen molar-refractivity contribution in [3.05, 3.63) is 101 Å². The van der Waals surface area contributed by atoms with Gasteiger partial charge in [0.25, 0.3) is 0 Å². The summed E-state index contributed by atoms with van der Waals surface area (Å²) >= 11 is 6.04. The van der Waals surface area contributed by atoms with Gasteiger partial charge in [-0.05, 0) is 41.8 Å². The molecule has 1 fully saturated rings. The third-order valence-corrected chi connectivity index (χ3v) is 4.86. The number of para-hydroxylation sites is 1. The number of benzene rings is 3. The number of hydrogen-bond acceptors (Lipinski definition) is 1. The molecule has 1 aliphatic rings. The molecule has 114 valence electrons. The lowest BCUT2D eigenvalue weighted by Gasteiger charge is -2.51. The zero-order valence-corrected chi connectivity index (χ0v) is 13.5. The molecule has 0 aliphatic carbocycles. The van der Waals surface area contributed by atoms with Gasteiger partial charge in [0, 0.05) is 10.7 Å². The van der Waals surface area contributed by atoms with E-state index in [4.69, 9.17) is 11.6 Å². The van der Waals surface area contributed by atoms with Crippen LogP contribution in [0.15, 0.2) is 84.9 Å². The van der Waals surface area contributed by atoms with Gasteiger partial charge in [-0.15, -0.1) is 0 Å². The van der Waals surface area contributed by atoms with Crippen molar-refractivity contribution < 1.29 is 0 Å². The highest BCUT2D eigenvalue weighted by atomic mass is 35.5. The van der Waals surface area contributed by atoms with Crippen molar-refractivity contribution in [2.75, 3.05) is 4.90 Å². The Hall–Kier alpha value is -2.25. The molecule has 0 bridgehead atoms. The summed E-state index contributed by atoms with van der Waals surface area (Å²) in [6.07, 6.45) is 1.13. The van der Waals surface area contributed by atoms with Gasteiger partial charge in [0.15, 0.2) is 0 Å². The first-order valence-corrected chi connectivity index (χ1v) is 8.34. The first-order chi connectivity index (χ1) is 11.3. The van der Waals surface area contributed by atoms with Crippen LogP contribution < -0.4 is 4.90 Å². The van der Waals surface area contributed by atoms with E-state index in [0.717, 1.165) is 11.4 Å². The number of anilines is 1. The highest BCUT2D eigenvalue weighted by Crippen LogP contribution is 2.50. The molecule has 0 radical (unpaired) electrons. The van der Waals surface area contributed by atoms with E-state index >= 15 is 0 Å². The zero-order chi connectivity index (χ0) is 15.6. The van der Waals surface area contributed by atoms with Gasteiger partial charge in [0.1, 0.15) is 0 Å². The van der Waals surface area contributed by atoms with Gasteiger partial charge in [-0.3, -0.25) is 0 Å². The molecule has 0 spiro atoms. The lowest BCUT2D eigenvalue weighted by Crippen LogP contribution is -2.44. The Balaban J connectivity index is 1.70. The predicted molar refractivity (Wildman–Crippen MR) is 96.9 cm³/mol. The molecule has 1 aliphatic heterocycles. The molecule has 0 unspecified atom stereocenters. The average Bonchev–Trinajstić information content (AvgIpc) is 2.58. The molecule has 0 amide bonds. The van der Waals surface area contributed by atoms with Gasteiger partial charge in [-0.25, -0.2) is 0 Å². The van der Waals surface area contributed by atoms with Gasteiger partial charge >= 0.3 is 0 Å². The highest BCUT2D eigenvalue weighted by molar-refractivity contribution is 6.30. The smallest absolute Gasteiger partial charge is 0.0571 e. The molecule has 1 nitrogen and oxygen atoms in total. The molecule has 23 heavy (non-hydrogen) atoms. The monoisotopic (exact) mass is 319 g/mol. The van der Waals surface area contributed by atoms with Crippen molar-refractivity contribution in [1.82, 2.24) is 0 Å². The summed E-state index contributed by atoms with van der Waals surface area (Å²) in [4.78, 5) is 2.51. The molecule has 3 aromatic rings. The van der Waals surface area contributed by atoms with Crippen LogP contribution in [0.5, 0.6) is 0 Å². The molecule has 2 heteroatoms. The van der Waals surface area contributed by atoms with Crippen molar-refractivity contribution in [1.29, 1.82) is 0 Å². The Morgan fingerprint density at radius 2 is 1.17 bits per heavy atom. The van der Waals surface area contributed by atoms with Crippen LogP contribution >= 0.6 is 11.6 Å². The minimum Gasteiger partial charge on any atom is -0.357 e. The summed E-state index contributed by atoms with van der Waals surface area (Å²) < 4.78 is 0. The van der Waals surface area contributed by atoms with Crippen LogP contribution in [0.1, 0.15) is 29.6 Å². The summed E-state index contributed by atoms with van der Waals surface area (Å²) in [6.45, 7) is 0. The molecule has 1 heterocycles. The van der Waals surface area contributed by atoms with Crippen LogP contribution in [0.3, 0.4) is 0 Å². The van der Waals surface area contributed by atoms with Crippen LogP contribution in [0.4, 0.5) is 5.69 Å². The third kappa shape index (κ3) is 2.73. The lowest BCUT2D eigenvalue weighted by molar-refractivity contribution is 0.353. The van der Waals surface area contributed by atoms with Crippen molar-refractivity contribution in [2.45, 2.75) is 18.5 Å². The fourth-order valence-corrected chi connectivity index (χ4v) is 3.56. The molecule has 0 saturated carbocycles. The minimum absolute atomic E-state index is 0.403. The largest absolute Gasteiger partial charge is 0.357 e. The van der Waals surface area contributed by atoms with E-state index in [-0.39, 0.29) is 0 Å². The Morgan fingerprint density at radius 3 is 1.78 bits per heavy atom. The third-order valence-electron chi connectivity index (χ3n) is 4.61. The van der Waals surface area contributed by atoms with Crippen LogP contribution in [0.2, 0.25) is 5.02 Å². The summed E-state index contributed by atoms with van der Waals surface area (Å²) in [5.74, 6) is 0. The summed E-state index contributed by atoms with van der Waals surface area (Å²) in [5.41, 5.74) is 3.97. The maximum Gasteiger partial charge on any atom is 0.0571 e. The van der Waals surface area contributed by atoms with Gasteiger partial charge in [0.2, 0.25) is 0 Å². The van der Waals surface area contributed by atoms with Crippen molar-refractivity contribution in [3.63, 3.8) is 0 Å². The fraction of sp³-hybridized carbons (Fsp3) is 0.143. The van der Waals surface area contributed by atoms with Gasteiger partial charge < -0.3 is 4.90 Å². The number of rotatable bonds is 3. The van der Waals surface area contributed by atoms with Crippen LogP contribution in [-0.2, 0) is 0 Å². The zero-order valence-electron chi connectivity index (χ0n) is 12.8. The summed E-state index contributed by atoms with van der Waals surface area (Å²) in [6, 6.07) is 30.5. The average molecular weight is 320 g/mol. The van der Waals surface area contributed by atoms with Crippen LogP contribution in [0.25, 0.3) is 0 Å². The molecular weight excluding hydrogens is 302 g/mol. The van der Waals surface area contributed by atoms with Crippen molar-refractivity contribution in [2.24, 2.45) is 0 Å². The van der Waals surface area contributed by atoms with Crippen molar-refractivity contribution >= 4 is 17.3 Å². The van der Waals surface area contributed by atoms with E-state index in [1.54, 1.807) is 0 Å². The van der Waals surface area contributed by atoms with Gasteiger partial charge in [-0.2, -0.15) is 0 Å². The molecule has 0 N–H and O–H groups in total. The van der Waals surface area contributed by atoms with E-state index < -0.39 is 0 Å². The fourth-order valence-electron chi connectivity index (χ4n) is 3.43. The lowest BCUT2D eigenvalue weighted by atomic mass is 9.83. The second-order valence-electron chi connectivity index (χ2n) is 5.97. The normalized spacial score (nSPS) is 20.1. The van der Waals surface area contributed by atoms with E-state index in [0.29, 0.717) is 12.1 Å². The highest BCUT2D eigenvalue weighted by Gasteiger charge is 2.39. The SMILES string of the molecule is Clc1ccc([C@@H]2C[C@H](c3ccccc3)N2c2ccccc2)cc1. The Bertz CT molecular complexity index is 768. The maximum atomic E-state index is 6.04. The predicted octanol–water partition coefficient (Wildman–Crippen LogP) is 6.03. The topological polar surface area (TPSA) is 3.24 Å². The molecule has 0 aromatic heterocycles. The first kappa shape index (κ1) is 14.3. The number of nitrogens with zero attached hydrogens (tertiary/aromatic N) is 1. The molecule has 2 atom stereocenters.